The predicted molar refractivity (Wildman–Crippen MR) is 56.4 cm³/mol. The predicted octanol–water partition coefficient (Wildman–Crippen LogP) is 2.48. The molecule has 14 heavy (non-hydrogen) atoms. The van der Waals surface area contributed by atoms with Gasteiger partial charge in [-0.05, 0) is 35.0 Å². The van der Waals surface area contributed by atoms with E-state index in [1.807, 2.05) is 6.92 Å². The summed E-state index contributed by atoms with van der Waals surface area (Å²) in [4.78, 5) is 7.24. The van der Waals surface area contributed by atoms with Gasteiger partial charge in [0.05, 0.1) is 16.0 Å². The largest absolute Gasteiger partial charge is 0.341 e. The number of rotatable bonds is 1. The van der Waals surface area contributed by atoms with Crippen molar-refractivity contribution in [1.82, 2.24) is 9.97 Å². The number of imidazole rings is 1. The molecule has 0 radical (unpaired) electrons. The molecular weight excluding hydrogens is 249 g/mol. The van der Waals surface area contributed by atoms with Gasteiger partial charge in [-0.25, -0.2) is 9.37 Å². The van der Waals surface area contributed by atoms with Gasteiger partial charge >= 0.3 is 0 Å². The van der Waals surface area contributed by atoms with Crippen LogP contribution in [0.5, 0.6) is 0 Å². The smallest absolute Gasteiger partial charge is 0.139 e. The van der Waals surface area contributed by atoms with Crippen LogP contribution in [0.2, 0.25) is 0 Å². The highest BCUT2D eigenvalue weighted by Gasteiger charge is 2.11. The van der Waals surface area contributed by atoms with Crippen molar-refractivity contribution >= 4 is 27.0 Å². The molecule has 2 rings (SSSR count). The highest BCUT2D eigenvalue weighted by Crippen LogP contribution is 2.25. The maximum Gasteiger partial charge on any atom is 0.139 e. The van der Waals surface area contributed by atoms with E-state index in [4.69, 9.17) is 5.73 Å². The molecule has 0 amide bonds. The zero-order chi connectivity index (χ0) is 10.3. The molecule has 1 atom stereocenters. The second-order valence-electron chi connectivity index (χ2n) is 3.17. The van der Waals surface area contributed by atoms with Crippen molar-refractivity contribution in [2.75, 3.05) is 0 Å². The van der Waals surface area contributed by atoms with E-state index in [1.165, 1.54) is 6.07 Å². The Bertz CT molecular complexity index is 478. The Balaban J connectivity index is 2.71. The Morgan fingerprint density at radius 3 is 2.93 bits per heavy atom. The van der Waals surface area contributed by atoms with Gasteiger partial charge in [-0.3, -0.25) is 0 Å². The lowest BCUT2D eigenvalue weighted by Crippen LogP contribution is -2.06. The number of aromatic amines is 1. The van der Waals surface area contributed by atoms with Crippen molar-refractivity contribution in [1.29, 1.82) is 0 Å². The van der Waals surface area contributed by atoms with E-state index in [9.17, 15) is 4.39 Å². The van der Waals surface area contributed by atoms with Crippen LogP contribution in [0.1, 0.15) is 18.8 Å². The van der Waals surface area contributed by atoms with Crippen LogP contribution in [-0.2, 0) is 0 Å². The summed E-state index contributed by atoms with van der Waals surface area (Å²) in [5, 5.41) is 0. The first-order valence-electron chi connectivity index (χ1n) is 4.19. The Hall–Kier alpha value is -0.940. The van der Waals surface area contributed by atoms with Gasteiger partial charge < -0.3 is 10.7 Å². The van der Waals surface area contributed by atoms with Crippen LogP contribution in [0.4, 0.5) is 4.39 Å². The maximum atomic E-state index is 13.1. The van der Waals surface area contributed by atoms with E-state index < -0.39 is 0 Å². The van der Waals surface area contributed by atoms with Crippen molar-refractivity contribution in [2.24, 2.45) is 5.73 Å². The molecule has 1 heterocycles. The average molecular weight is 258 g/mol. The van der Waals surface area contributed by atoms with Crippen molar-refractivity contribution in [3.63, 3.8) is 0 Å². The highest BCUT2D eigenvalue weighted by atomic mass is 79.9. The number of benzene rings is 1. The van der Waals surface area contributed by atoms with E-state index in [0.29, 0.717) is 15.8 Å². The van der Waals surface area contributed by atoms with Crippen molar-refractivity contribution < 1.29 is 4.39 Å². The average Bonchev–Trinajstić information content (AvgIpc) is 2.56. The summed E-state index contributed by atoms with van der Waals surface area (Å²) in [5.74, 6) is 0.339. The summed E-state index contributed by atoms with van der Waals surface area (Å²) in [7, 11) is 0. The first-order chi connectivity index (χ1) is 6.59. The third kappa shape index (κ3) is 1.42. The van der Waals surface area contributed by atoms with Crippen LogP contribution < -0.4 is 5.73 Å². The van der Waals surface area contributed by atoms with Gasteiger partial charge in [0.1, 0.15) is 17.2 Å². The van der Waals surface area contributed by atoms with E-state index in [-0.39, 0.29) is 11.9 Å². The number of hydrogen-bond donors (Lipinski definition) is 2. The van der Waals surface area contributed by atoms with Crippen LogP contribution in [-0.4, -0.2) is 9.97 Å². The Labute approximate surface area is 88.6 Å². The third-order valence-electron chi connectivity index (χ3n) is 2.00. The molecule has 1 aromatic heterocycles. The minimum absolute atomic E-state index is 0.183. The number of nitrogens with zero attached hydrogens (tertiary/aromatic N) is 1. The van der Waals surface area contributed by atoms with E-state index in [2.05, 4.69) is 25.9 Å². The van der Waals surface area contributed by atoms with Crippen LogP contribution >= 0.6 is 15.9 Å². The molecule has 0 fully saturated rings. The minimum Gasteiger partial charge on any atom is -0.341 e. The molecule has 74 valence electrons. The summed E-state index contributed by atoms with van der Waals surface area (Å²) in [6, 6.07) is 2.85. The molecule has 2 aromatic rings. The number of aromatic nitrogens is 2. The normalized spacial score (nSPS) is 13.4. The number of halogens is 2. The second-order valence-corrected chi connectivity index (χ2v) is 3.96. The van der Waals surface area contributed by atoms with E-state index in [0.717, 1.165) is 5.52 Å². The molecular formula is C9H9BrFN3. The van der Waals surface area contributed by atoms with Gasteiger partial charge in [-0.1, -0.05) is 0 Å². The number of hydrogen-bond acceptors (Lipinski definition) is 2. The van der Waals surface area contributed by atoms with Gasteiger partial charge in [-0.15, -0.1) is 0 Å². The molecule has 3 N–H and O–H groups in total. The molecule has 5 heteroatoms. The van der Waals surface area contributed by atoms with Crippen LogP contribution in [0, 0.1) is 5.82 Å². The minimum atomic E-state index is -0.319. The van der Waals surface area contributed by atoms with Crippen LogP contribution in [0.15, 0.2) is 16.6 Å². The lowest BCUT2D eigenvalue weighted by Gasteiger charge is -1.96. The number of nitrogens with two attached hydrogens (primary N) is 1. The molecule has 3 nitrogen and oxygen atoms in total. The summed E-state index contributed by atoms with van der Waals surface area (Å²) in [6.45, 7) is 1.82. The fourth-order valence-electron chi connectivity index (χ4n) is 1.25. The standard InChI is InChI=1S/C9H9BrFN3/c1-4(12)9-13-6-3-2-5(11)7(10)8(6)14-9/h2-4H,12H2,1H3,(H,13,14)/t4-/m1/s1. The molecule has 0 aliphatic carbocycles. The molecule has 0 aliphatic rings. The summed E-state index contributed by atoms with van der Waals surface area (Å²) >= 11 is 3.14. The van der Waals surface area contributed by atoms with Crippen molar-refractivity contribution in [3.8, 4) is 0 Å². The topological polar surface area (TPSA) is 54.7 Å². The number of nitrogens with one attached hydrogen (secondary N) is 1. The van der Waals surface area contributed by atoms with Gasteiger partial charge in [0.2, 0.25) is 0 Å². The monoisotopic (exact) mass is 257 g/mol. The maximum absolute atomic E-state index is 13.1. The molecule has 0 spiro atoms. The summed E-state index contributed by atoms with van der Waals surface area (Å²) in [5.41, 5.74) is 7.03. The molecule has 0 unspecified atom stereocenters. The first-order valence-corrected chi connectivity index (χ1v) is 4.98. The quantitative estimate of drug-likeness (QED) is 0.825. The van der Waals surface area contributed by atoms with Crippen LogP contribution in [0.3, 0.4) is 0 Å². The van der Waals surface area contributed by atoms with Gasteiger partial charge in [0.25, 0.3) is 0 Å². The number of fused-ring (bicyclic) bond motifs is 1. The third-order valence-corrected chi connectivity index (χ3v) is 2.75. The zero-order valence-electron chi connectivity index (χ0n) is 7.51. The molecule has 1 aromatic carbocycles. The van der Waals surface area contributed by atoms with Gasteiger partial charge in [0, 0.05) is 0 Å². The van der Waals surface area contributed by atoms with E-state index in [1.54, 1.807) is 6.07 Å². The molecule has 0 saturated carbocycles. The Kier molecular flexibility index (Phi) is 2.28. The lowest BCUT2D eigenvalue weighted by atomic mass is 10.3. The SMILES string of the molecule is C[C@@H](N)c1nc2c(Br)c(F)ccc2[nH]1. The van der Waals surface area contributed by atoms with Gasteiger partial charge in [-0.2, -0.15) is 0 Å². The first kappa shape index (κ1) is 9.61. The highest BCUT2D eigenvalue weighted by molar-refractivity contribution is 9.10. The number of H-pyrrole nitrogens is 1. The summed E-state index contributed by atoms with van der Waals surface area (Å²) < 4.78 is 13.5. The van der Waals surface area contributed by atoms with Crippen molar-refractivity contribution in [3.05, 3.63) is 28.2 Å². The Morgan fingerprint density at radius 2 is 2.29 bits per heavy atom. The van der Waals surface area contributed by atoms with Gasteiger partial charge in [0.15, 0.2) is 0 Å². The Morgan fingerprint density at radius 1 is 1.57 bits per heavy atom. The zero-order valence-corrected chi connectivity index (χ0v) is 9.10. The fraction of sp³-hybridized carbons (Fsp3) is 0.222. The second kappa shape index (κ2) is 3.33. The van der Waals surface area contributed by atoms with E-state index >= 15 is 0 Å². The molecule has 0 aliphatic heterocycles. The molecule has 0 bridgehead atoms. The summed E-state index contributed by atoms with van der Waals surface area (Å²) in [6.07, 6.45) is 0. The van der Waals surface area contributed by atoms with Crippen molar-refractivity contribution in [2.45, 2.75) is 13.0 Å². The fourth-order valence-corrected chi connectivity index (χ4v) is 1.69. The van der Waals surface area contributed by atoms with Crippen LogP contribution in [0.25, 0.3) is 11.0 Å². The lowest BCUT2D eigenvalue weighted by molar-refractivity contribution is 0.623. The molecule has 0 saturated heterocycles.